The van der Waals surface area contributed by atoms with Gasteiger partial charge in [0.1, 0.15) is 5.60 Å². The molecule has 3 atom stereocenters. The minimum absolute atomic E-state index is 0.0402. The molecule has 1 aliphatic carbocycles. The van der Waals surface area contributed by atoms with E-state index in [1.165, 1.54) is 0 Å². The van der Waals surface area contributed by atoms with Crippen LogP contribution in [0, 0.1) is 5.92 Å². The van der Waals surface area contributed by atoms with Crippen molar-refractivity contribution in [2.45, 2.75) is 31.0 Å². The molecule has 3 unspecified atom stereocenters. The fraction of sp³-hybridized carbons (Fsp3) is 1.00. The van der Waals surface area contributed by atoms with Gasteiger partial charge in [-0.15, -0.1) is 0 Å². The summed E-state index contributed by atoms with van der Waals surface area (Å²) in [6.45, 7) is -0.370. The molecule has 0 aromatic heterocycles. The van der Waals surface area contributed by atoms with E-state index >= 15 is 0 Å². The van der Waals surface area contributed by atoms with Gasteiger partial charge in [-0.1, -0.05) is 0 Å². The maximum absolute atomic E-state index is 9.58. The Morgan fingerprint density at radius 1 is 1.33 bits per heavy atom. The predicted molar refractivity (Wildman–Crippen MR) is 42.5 cm³/mol. The van der Waals surface area contributed by atoms with E-state index in [0.29, 0.717) is 19.3 Å². The molecule has 4 N–H and O–H groups in total. The molecule has 0 saturated heterocycles. The molecule has 1 rings (SSSR count). The van der Waals surface area contributed by atoms with Gasteiger partial charge in [0, 0.05) is 6.61 Å². The molecule has 0 spiro atoms. The lowest BCUT2D eigenvalue weighted by Crippen LogP contribution is -2.50. The molecule has 0 heterocycles. The van der Waals surface area contributed by atoms with Gasteiger partial charge in [-0.05, 0) is 25.2 Å². The van der Waals surface area contributed by atoms with Crippen molar-refractivity contribution in [3.05, 3.63) is 0 Å². The predicted octanol–water partition coefficient (Wildman–Crippen LogP) is -1.14. The number of hydrogen-bond acceptors (Lipinski definition) is 4. The first kappa shape index (κ1) is 9.92. The molecular formula is C8H16O4. The Morgan fingerprint density at radius 2 is 2.00 bits per heavy atom. The molecule has 0 aliphatic heterocycles. The van der Waals surface area contributed by atoms with Crippen LogP contribution in [0.25, 0.3) is 0 Å². The summed E-state index contributed by atoms with van der Waals surface area (Å²) in [6, 6.07) is 0. The van der Waals surface area contributed by atoms with Crippen LogP contribution >= 0.6 is 0 Å². The Morgan fingerprint density at radius 3 is 2.42 bits per heavy atom. The Labute approximate surface area is 71.5 Å². The van der Waals surface area contributed by atoms with Crippen molar-refractivity contribution < 1.29 is 20.4 Å². The first-order chi connectivity index (χ1) is 5.62. The van der Waals surface area contributed by atoms with E-state index < -0.39 is 18.3 Å². The van der Waals surface area contributed by atoms with Crippen molar-refractivity contribution in [2.75, 3.05) is 13.2 Å². The SMILES string of the molecule is OCC1CCC(O)(CO)C(O)C1. The number of hydrogen-bond donors (Lipinski definition) is 4. The van der Waals surface area contributed by atoms with E-state index in [2.05, 4.69) is 0 Å². The summed E-state index contributed by atoms with van der Waals surface area (Å²) in [6.07, 6.45) is 0.474. The van der Waals surface area contributed by atoms with E-state index in [0.717, 1.165) is 0 Å². The summed E-state index contributed by atoms with van der Waals surface area (Å²) < 4.78 is 0. The molecule has 1 fully saturated rings. The molecule has 1 aliphatic rings. The Balaban J connectivity index is 2.53. The van der Waals surface area contributed by atoms with Crippen LogP contribution < -0.4 is 0 Å². The van der Waals surface area contributed by atoms with E-state index in [1.807, 2.05) is 0 Å². The second-order valence-electron chi connectivity index (χ2n) is 3.60. The molecule has 1 saturated carbocycles. The topological polar surface area (TPSA) is 80.9 Å². The molecule has 4 heteroatoms. The van der Waals surface area contributed by atoms with Crippen LogP contribution in [0.2, 0.25) is 0 Å². The summed E-state index contributed by atoms with van der Waals surface area (Å²) in [5.74, 6) is 0.0619. The third-order valence-corrected chi connectivity index (χ3v) is 2.69. The van der Waals surface area contributed by atoms with Crippen LogP contribution in [0.1, 0.15) is 19.3 Å². The van der Waals surface area contributed by atoms with Gasteiger partial charge in [-0.2, -0.15) is 0 Å². The van der Waals surface area contributed by atoms with E-state index in [4.69, 9.17) is 10.2 Å². The van der Waals surface area contributed by atoms with Crippen LogP contribution in [0.3, 0.4) is 0 Å². The zero-order valence-corrected chi connectivity index (χ0v) is 6.98. The number of rotatable bonds is 2. The summed E-state index contributed by atoms with van der Waals surface area (Å²) in [5, 5.41) is 36.6. The lowest BCUT2D eigenvalue weighted by Gasteiger charge is -2.38. The van der Waals surface area contributed by atoms with Gasteiger partial charge in [0.25, 0.3) is 0 Å². The van der Waals surface area contributed by atoms with E-state index in [-0.39, 0.29) is 12.5 Å². The van der Waals surface area contributed by atoms with Gasteiger partial charge in [0.2, 0.25) is 0 Å². The zero-order valence-electron chi connectivity index (χ0n) is 6.98. The Hall–Kier alpha value is -0.160. The second kappa shape index (κ2) is 3.70. The van der Waals surface area contributed by atoms with Crippen LogP contribution in [0.5, 0.6) is 0 Å². The van der Waals surface area contributed by atoms with Crippen molar-refractivity contribution in [3.63, 3.8) is 0 Å². The van der Waals surface area contributed by atoms with Gasteiger partial charge >= 0.3 is 0 Å². The monoisotopic (exact) mass is 176 g/mol. The summed E-state index contributed by atoms with van der Waals surface area (Å²) in [4.78, 5) is 0. The van der Waals surface area contributed by atoms with E-state index in [9.17, 15) is 10.2 Å². The van der Waals surface area contributed by atoms with Crippen molar-refractivity contribution in [1.82, 2.24) is 0 Å². The van der Waals surface area contributed by atoms with Crippen LogP contribution in [-0.2, 0) is 0 Å². The molecule has 0 radical (unpaired) electrons. The van der Waals surface area contributed by atoms with Gasteiger partial charge in [-0.25, -0.2) is 0 Å². The summed E-state index contributed by atoms with van der Waals surface area (Å²) >= 11 is 0. The lowest BCUT2D eigenvalue weighted by molar-refractivity contribution is -0.139. The highest BCUT2D eigenvalue weighted by Crippen LogP contribution is 2.31. The normalized spacial score (nSPS) is 43.0. The first-order valence-corrected chi connectivity index (χ1v) is 4.24. The second-order valence-corrected chi connectivity index (χ2v) is 3.60. The molecule has 0 aromatic rings. The van der Waals surface area contributed by atoms with Crippen molar-refractivity contribution in [2.24, 2.45) is 5.92 Å². The minimum Gasteiger partial charge on any atom is -0.396 e. The number of aliphatic hydroxyl groups excluding tert-OH is 3. The minimum atomic E-state index is -1.34. The molecule has 0 bridgehead atoms. The molecule has 0 aromatic carbocycles. The molecule has 12 heavy (non-hydrogen) atoms. The maximum Gasteiger partial charge on any atom is 0.113 e. The highest BCUT2D eigenvalue weighted by Gasteiger charge is 2.40. The van der Waals surface area contributed by atoms with Gasteiger partial charge < -0.3 is 20.4 Å². The van der Waals surface area contributed by atoms with Crippen molar-refractivity contribution >= 4 is 0 Å². The van der Waals surface area contributed by atoms with Crippen molar-refractivity contribution in [1.29, 1.82) is 0 Å². The third kappa shape index (κ3) is 1.77. The fourth-order valence-electron chi connectivity index (χ4n) is 1.62. The molecule has 4 nitrogen and oxygen atoms in total. The average molecular weight is 176 g/mol. The average Bonchev–Trinajstić information content (AvgIpc) is 2.10. The number of aliphatic hydroxyl groups is 4. The molecular weight excluding hydrogens is 160 g/mol. The van der Waals surface area contributed by atoms with Crippen LogP contribution in [-0.4, -0.2) is 45.3 Å². The van der Waals surface area contributed by atoms with Crippen molar-refractivity contribution in [3.8, 4) is 0 Å². The molecule has 72 valence electrons. The van der Waals surface area contributed by atoms with Gasteiger partial charge in [0.05, 0.1) is 12.7 Å². The third-order valence-electron chi connectivity index (χ3n) is 2.69. The lowest BCUT2D eigenvalue weighted by atomic mass is 9.77. The van der Waals surface area contributed by atoms with Gasteiger partial charge in [0.15, 0.2) is 0 Å². The summed E-state index contributed by atoms with van der Waals surface area (Å²) in [5.41, 5.74) is -1.34. The smallest absolute Gasteiger partial charge is 0.113 e. The summed E-state index contributed by atoms with van der Waals surface area (Å²) in [7, 11) is 0. The van der Waals surface area contributed by atoms with E-state index in [1.54, 1.807) is 0 Å². The standard InChI is InChI=1S/C8H16O4/c9-4-6-1-2-8(12,5-10)7(11)3-6/h6-7,9-12H,1-5H2. The molecule has 0 amide bonds. The largest absolute Gasteiger partial charge is 0.396 e. The quantitative estimate of drug-likeness (QED) is 0.429. The first-order valence-electron chi connectivity index (χ1n) is 4.24. The fourth-order valence-corrected chi connectivity index (χ4v) is 1.62. The highest BCUT2D eigenvalue weighted by molar-refractivity contribution is 4.92. The van der Waals surface area contributed by atoms with Gasteiger partial charge in [-0.3, -0.25) is 0 Å². The Kier molecular flexibility index (Phi) is 3.06. The highest BCUT2D eigenvalue weighted by atomic mass is 16.4. The van der Waals surface area contributed by atoms with Crippen LogP contribution in [0.4, 0.5) is 0 Å². The van der Waals surface area contributed by atoms with Crippen LogP contribution in [0.15, 0.2) is 0 Å². The Bertz CT molecular complexity index is 150. The zero-order chi connectivity index (χ0) is 9.19. The maximum atomic E-state index is 9.58.